The number of benzene rings is 2. The van der Waals surface area contributed by atoms with Gasteiger partial charge in [0.25, 0.3) is 0 Å². The van der Waals surface area contributed by atoms with Gasteiger partial charge in [0.2, 0.25) is 15.9 Å². The van der Waals surface area contributed by atoms with Gasteiger partial charge in [-0.3, -0.25) is 9.59 Å². The van der Waals surface area contributed by atoms with Crippen LogP contribution in [0.15, 0.2) is 53.4 Å². The second kappa shape index (κ2) is 9.19. The number of rotatable bonds is 8. The SMILES string of the molecule is CC(=O)N(C)Cc1ccc(-c2ccc(S(=O)(=O)N[C@@H](C(=O)O)C(C)C)cc2)cc1. The van der Waals surface area contributed by atoms with Crippen molar-refractivity contribution in [2.45, 2.75) is 38.3 Å². The van der Waals surface area contributed by atoms with Crippen LogP contribution in [0.4, 0.5) is 0 Å². The lowest BCUT2D eigenvalue weighted by Gasteiger charge is -2.18. The minimum Gasteiger partial charge on any atom is -0.480 e. The first-order valence-corrected chi connectivity index (χ1v) is 10.7. The molecule has 1 amide bonds. The fourth-order valence-electron chi connectivity index (χ4n) is 2.72. The molecule has 2 aromatic carbocycles. The molecule has 0 aliphatic heterocycles. The topological polar surface area (TPSA) is 104 Å². The van der Waals surface area contributed by atoms with E-state index in [9.17, 15) is 23.1 Å². The van der Waals surface area contributed by atoms with Gasteiger partial charge in [0, 0.05) is 20.5 Å². The van der Waals surface area contributed by atoms with Gasteiger partial charge < -0.3 is 10.0 Å². The van der Waals surface area contributed by atoms with Crippen LogP contribution < -0.4 is 4.72 Å². The van der Waals surface area contributed by atoms with Gasteiger partial charge in [-0.15, -0.1) is 0 Å². The van der Waals surface area contributed by atoms with E-state index in [-0.39, 0.29) is 16.7 Å². The Kier molecular flexibility index (Phi) is 7.16. The molecule has 7 nitrogen and oxygen atoms in total. The molecule has 156 valence electrons. The summed E-state index contributed by atoms with van der Waals surface area (Å²) in [6.07, 6.45) is 0. The third kappa shape index (κ3) is 5.88. The normalized spacial score (nSPS) is 12.6. The number of carboxylic acids is 1. The van der Waals surface area contributed by atoms with Crippen molar-refractivity contribution in [3.8, 4) is 11.1 Å². The monoisotopic (exact) mass is 418 g/mol. The van der Waals surface area contributed by atoms with Crippen LogP contribution in [0, 0.1) is 5.92 Å². The first kappa shape index (κ1) is 22.6. The van der Waals surface area contributed by atoms with E-state index in [4.69, 9.17) is 0 Å². The third-order valence-corrected chi connectivity index (χ3v) is 6.08. The first-order chi connectivity index (χ1) is 13.5. The summed E-state index contributed by atoms with van der Waals surface area (Å²) < 4.78 is 27.2. The molecule has 29 heavy (non-hydrogen) atoms. The van der Waals surface area contributed by atoms with E-state index in [2.05, 4.69) is 4.72 Å². The molecule has 2 rings (SSSR count). The maximum atomic E-state index is 12.5. The highest BCUT2D eigenvalue weighted by atomic mass is 32.2. The Labute approximate surface area is 171 Å². The Balaban J connectivity index is 2.17. The van der Waals surface area contributed by atoms with Crippen LogP contribution in [0.5, 0.6) is 0 Å². The van der Waals surface area contributed by atoms with E-state index in [0.717, 1.165) is 16.7 Å². The molecule has 2 aromatic rings. The summed E-state index contributed by atoms with van der Waals surface area (Å²) >= 11 is 0. The Morgan fingerprint density at radius 2 is 1.48 bits per heavy atom. The average molecular weight is 419 g/mol. The molecule has 0 aliphatic carbocycles. The van der Waals surface area contributed by atoms with E-state index in [1.165, 1.54) is 19.1 Å². The summed E-state index contributed by atoms with van der Waals surface area (Å²) in [5.41, 5.74) is 2.72. The molecule has 0 bridgehead atoms. The van der Waals surface area contributed by atoms with Gasteiger partial charge in [-0.1, -0.05) is 50.2 Å². The lowest BCUT2D eigenvalue weighted by atomic mass is 10.0. The highest BCUT2D eigenvalue weighted by Gasteiger charge is 2.27. The summed E-state index contributed by atoms with van der Waals surface area (Å²) in [6.45, 7) is 5.31. The minimum atomic E-state index is -3.95. The highest BCUT2D eigenvalue weighted by Crippen LogP contribution is 2.22. The summed E-state index contributed by atoms with van der Waals surface area (Å²) in [4.78, 5) is 24.2. The lowest BCUT2D eigenvalue weighted by molar-refractivity contribution is -0.140. The smallest absolute Gasteiger partial charge is 0.322 e. The quantitative estimate of drug-likeness (QED) is 0.686. The average Bonchev–Trinajstić information content (AvgIpc) is 2.66. The third-order valence-electron chi connectivity index (χ3n) is 4.62. The zero-order valence-corrected chi connectivity index (χ0v) is 17.7. The molecule has 0 aliphatic rings. The summed E-state index contributed by atoms with van der Waals surface area (Å²) in [7, 11) is -2.21. The van der Waals surface area contributed by atoms with E-state index < -0.39 is 22.0 Å². The number of nitrogens with one attached hydrogen (secondary N) is 1. The van der Waals surface area contributed by atoms with Crippen molar-refractivity contribution in [2.24, 2.45) is 5.92 Å². The number of amides is 1. The highest BCUT2D eigenvalue weighted by molar-refractivity contribution is 7.89. The predicted molar refractivity (Wildman–Crippen MR) is 111 cm³/mol. The van der Waals surface area contributed by atoms with Crippen LogP contribution in [0.2, 0.25) is 0 Å². The van der Waals surface area contributed by atoms with Crippen LogP contribution in [-0.2, 0) is 26.2 Å². The van der Waals surface area contributed by atoms with Crippen LogP contribution in [0.25, 0.3) is 11.1 Å². The number of aliphatic carboxylic acids is 1. The molecule has 0 saturated carbocycles. The van der Waals surface area contributed by atoms with Crippen LogP contribution in [0.3, 0.4) is 0 Å². The number of hydrogen-bond acceptors (Lipinski definition) is 4. The van der Waals surface area contributed by atoms with Gasteiger partial charge in [-0.25, -0.2) is 8.42 Å². The Morgan fingerprint density at radius 3 is 1.90 bits per heavy atom. The number of carboxylic acid groups (broad SMARTS) is 1. The van der Waals surface area contributed by atoms with Gasteiger partial charge in [-0.05, 0) is 34.7 Å². The van der Waals surface area contributed by atoms with Crippen LogP contribution in [0.1, 0.15) is 26.3 Å². The second-order valence-corrected chi connectivity index (χ2v) is 8.99. The van der Waals surface area contributed by atoms with E-state index in [0.29, 0.717) is 6.54 Å². The van der Waals surface area contributed by atoms with Crippen molar-refractivity contribution in [3.63, 3.8) is 0 Å². The standard InChI is InChI=1S/C21H26N2O5S/c1-14(2)20(21(25)26)22-29(27,28)19-11-9-18(10-12-19)17-7-5-16(6-8-17)13-23(4)15(3)24/h5-12,14,20,22H,13H2,1-4H3,(H,25,26)/t20-/m1/s1. The van der Waals surface area contributed by atoms with Gasteiger partial charge in [0.05, 0.1) is 4.90 Å². The molecule has 0 unspecified atom stereocenters. The van der Waals surface area contributed by atoms with Crippen molar-refractivity contribution >= 4 is 21.9 Å². The summed E-state index contributed by atoms with van der Waals surface area (Å²) in [6, 6.07) is 12.7. The summed E-state index contributed by atoms with van der Waals surface area (Å²) in [5, 5.41) is 9.21. The maximum Gasteiger partial charge on any atom is 0.322 e. The van der Waals surface area contributed by atoms with Gasteiger partial charge in [-0.2, -0.15) is 4.72 Å². The molecule has 2 N–H and O–H groups in total. The molecule has 0 spiro atoms. The number of carbonyl (C=O) groups excluding carboxylic acids is 1. The molecule has 0 heterocycles. The van der Waals surface area contributed by atoms with Crippen LogP contribution >= 0.6 is 0 Å². The Hall–Kier alpha value is -2.71. The molecule has 8 heteroatoms. The fourth-order valence-corrected chi connectivity index (χ4v) is 4.06. The number of carbonyl (C=O) groups is 2. The van der Waals surface area contributed by atoms with Gasteiger partial charge in [0.15, 0.2) is 0 Å². The van der Waals surface area contributed by atoms with Crippen LogP contribution in [-0.4, -0.2) is 43.4 Å². The molecule has 0 radical (unpaired) electrons. The van der Waals surface area contributed by atoms with Gasteiger partial charge >= 0.3 is 5.97 Å². The number of nitrogens with zero attached hydrogens (tertiary/aromatic N) is 1. The minimum absolute atomic E-state index is 0.00727. The van der Waals surface area contributed by atoms with Crippen molar-refractivity contribution < 1.29 is 23.1 Å². The van der Waals surface area contributed by atoms with E-state index in [1.54, 1.807) is 37.9 Å². The molecule has 0 saturated heterocycles. The Bertz CT molecular complexity index is 967. The Morgan fingerprint density at radius 1 is 1.00 bits per heavy atom. The van der Waals surface area contributed by atoms with Crippen molar-refractivity contribution in [3.05, 3.63) is 54.1 Å². The summed E-state index contributed by atoms with van der Waals surface area (Å²) in [5.74, 6) is -1.61. The maximum absolute atomic E-state index is 12.5. The second-order valence-electron chi connectivity index (χ2n) is 7.28. The molecule has 1 atom stereocenters. The molecule has 0 fully saturated rings. The van der Waals surface area contributed by atoms with Gasteiger partial charge in [0.1, 0.15) is 6.04 Å². The van der Waals surface area contributed by atoms with E-state index in [1.807, 2.05) is 24.3 Å². The fraction of sp³-hybridized carbons (Fsp3) is 0.333. The lowest BCUT2D eigenvalue weighted by Crippen LogP contribution is -2.44. The molecular weight excluding hydrogens is 392 g/mol. The number of sulfonamides is 1. The largest absolute Gasteiger partial charge is 0.480 e. The number of hydrogen-bond donors (Lipinski definition) is 2. The molecule has 0 aromatic heterocycles. The zero-order chi connectivity index (χ0) is 21.8. The van der Waals surface area contributed by atoms with Crippen molar-refractivity contribution in [2.75, 3.05) is 7.05 Å². The zero-order valence-electron chi connectivity index (χ0n) is 16.9. The molecular formula is C21H26N2O5S. The van der Waals surface area contributed by atoms with Crippen molar-refractivity contribution in [1.29, 1.82) is 0 Å². The van der Waals surface area contributed by atoms with E-state index >= 15 is 0 Å². The van der Waals surface area contributed by atoms with Crippen molar-refractivity contribution in [1.82, 2.24) is 9.62 Å². The predicted octanol–water partition coefficient (Wildman–Crippen LogP) is 2.72. The first-order valence-electron chi connectivity index (χ1n) is 9.17.